The van der Waals surface area contributed by atoms with Crippen LogP contribution in [0.15, 0.2) is 22.7 Å². The Kier molecular flexibility index (Phi) is 5.67. The first-order valence-electron chi connectivity index (χ1n) is 7.07. The first-order valence-corrected chi connectivity index (χ1v) is 7.86. The predicted molar refractivity (Wildman–Crippen MR) is 82.5 cm³/mol. The number of likely N-dealkylation sites (tertiary alicyclic amines) is 1. The molecule has 1 aromatic rings. The van der Waals surface area contributed by atoms with Gasteiger partial charge in [-0.1, -0.05) is 15.9 Å². The van der Waals surface area contributed by atoms with Crippen molar-refractivity contribution in [3.63, 3.8) is 0 Å². The van der Waals surface area contributed by atoms with E-state index in [4.69, 9.17) is 10.5 Å². The average molecular weight is 327 g/mol. The van der Waals surface area contributed by atoms with E-state index in [0.717, 1.165) is 35.4 Å². The fourth-order valence-electron chi connectivity index (χ4n) is 2.48. The van der Waals surface area contributed by atoms with Gasteiger partial charge in [-0.25, -0.2) is 0 Å². The number of hydrogen-bond acceptors (Lipinski definition) is 3. The zero-order valence-corrected chi connectivity index (χ0v) is 13.2. The van der Waals surface area contributed by atoms with E-state index in [1.807, 2.05) is 25.1 Å². The number of nitrogens with two attached hydrogens (primary N) is 1. The van der Waals surface area contributed by atoms with Crippen LogP contribution >= 0.6 is 15.9 Å². The molecule has 0 radical (unpaired) electrons. The maximum absolute atomic E-state index is 5.98. The summed E-state index contributed by atoms with van der Waals surface area (Å²) >= 11 is 3.47. The number of benzene rings is 1. The lowest BCUT2D eigenvalue weighted by Crippen LogP contribution is -2.22. The molecule has 19 heavy (non-hydrogen) atoms. The summed E-state index contributed by atoms with van der Waals surface area (Å²) in [6.45, 7) is 6.40. The molecule has 1 aromatic carbocycles. The molecule has 0 saturated carbocycles. The highest BCUT2D eigenvalue weighted by atomic mass is 79.9. The molecule has 0 aliphatic carbocycles. The molecule has 1 atom stereocenters. The topological polar surface area (TPSA) is 38.5 Å². The predicted octanol–water partition coefficient (Wildman–Crippen LogP) is 3.33. The number of hydrogen-bond donors (Lipinski definition) is 1. The quantitative estimate of drug-likeness (QED) is 0.815. The third kappa shape index (κ3) is 4.48. The second-order valence-electron chi connectivity index (χ2n) is 5.22. The van der Waals surface area contributed by atoms with E-state index in [0.29, 0.717) is 0 Å². The lowest BCUT2D eigenvalue weighted by molar-refractivity contribution is 0.261. The number of nitrogens with zero attached hydrogens (tertiary/aromatic N) is 1. The Morgan fingerprint density at radius 2 is 2.11 bits per heavy atom. The molecule has 0 spiro atoms. The minimum atomic E-state index is -0.00826. The maximum Gasteiger partial charge on any atom is 0.124 e. The Labute approximate surface area is 124 Å². The van der Waals surface area contributed by atoms with Crippen molar-refractivity contribution < 1.29 is 4.74 Å². The van der Waals surface area contributed by atoms with Crippen molar-refractivity contribution in [2.75, 3.05) is 26.2 Å². The molecule has 0 unspecified atom stereocenters. The van der Waals surface area contributed by atoms with E-state index in [1.54, 1.807) is 0 Å². The lowest BCUT2D eigenvalue weighted by Gasteiger charge is -2.17. The van der Waals surface area contributed by atoms with Crippen LogP contribution in [0.1, 0.15) is 37.8 Å². The zero-order valence-electron chi connectivity index (χ0n) is 11.6. The number of ether oxygens (including phenoxy) is 1. The summed E-state index contributed by atoms with van der Waals surface area (Å²) in [6, 6.07) is 6.03. The largest absolute Gasteiger partial charge is 0.493 e. The first-order chi connectivity index (χ1) is 9.16. The summed E-state index contributed by atoms with van der Waals surface area (Å²) in [5.74, 6) is 0.916. The van der Waals surface area contributed by atoms with E-state index in [2.05, 4.69) is 20.8 Å². The van der Waals surface area contributed by atoms with Crippen molar-refractivity contribution in [1.29, 1.82) is 0 Å². The molecule has 106 valence electrons. The molecule has 0 amide bonds. The molecule has 1 aliphatic rings. The second-order valence-corrected chi connectivity index (χ2v) is 6.14. The molecule has 0 bridgehead atoms. The van der Waals surface area contributed by atoms with E-state index in [1.165, 1.54) is 25.9 Å². The molecule has 1 aliphatic heterocycles. The Morgan fingerprint density at radius 1 is 1.37 bits per heavy atom. The Morgan fingerprint density at radius 3 is 2.79 bits per heavy atom. The van der Waals surface area contributed by atoms with Gasteiger partial charge in [-0.2, -0.15) is 0 Å². The van der Waals surface area contributed by atoms with E-state index in [-0.39, 0.29) is 6.04 Å². The van der Waals surface area contributed by atoms with Crippen molar-refractivity contribution in [2.45, 2.75) is 32.2 Å². The van der Waals surface area contributed by atoms with Crippen LogP contribution in [-0.4, -0.2) is 31.1 Å². The number of halogens is 1. The highest BCUT2D eigenvalue weighted by Gasteiger charge is 2.11. The molecule has 2 rings (SSSR count). The highest BCUT2D eigenvalue weighted by molar-refractivity contribution is 9.10. The second kappa shape index (κ2) is 7.27. The summed E-state index contributed by atoms with van der Waals surface area (Å²) < 4.78 is 6.93. The molecule has 4 heteroatoms. The Hall–Kier alpha value is -0.580. The van der Waals surface area contributed by atoms with Crippen molar-refractivity contribution in [2.24, 2.45) is 5.73 Å². The Bertz CT molecular complexity index is 403. The van der Waals surface area contributed by atoms with Crippen molar-refractivity contribution >= 4 is 15.9 Å². The van der Waals surface area contributed by atoms with Gasteiger partial charge in [0.05, 0.1) is 6.61 Å². The molecular weight excluding hydrogens is 304 g/mol. The van der Waals surface area contributed by atoms with Crippen LogP contribution < -0.4 is 10.5 Å². The third-order valence-corrected chi connectivity index (χ3v) is 4.03. The van der Waals surface area contributed by atoms with Gasteiger partial charge in [-0.05, 0) is 57.5 Å². The van der Waals surface area contributed by atoms with Crippen LogP contribution in [0, 0.1) is 0 Å². The molecule has 1 saturated heterocycles. The highest BCUT2D eigenvalue weighted by Crippen LogP contribution is 2.27. The van der Waals surface area contributed by atoms with Crippen molar-refractivity contribution in [3.05, 3.63) is 28.2 Å². The van der Waals surface area contributed by atoms with Crippen LogP contribution in [-0.2, 0) is 0 Å². The lowest BCUT2D eigenvalue weighted by atomic mass is 10.1. The zero-order chi connectivity index (χ0) is 13.7. The minimum Gasteiger partial charge on any atom is -0.493 e. The number of rotatable bonds is 6. The molecule has 1 heterocycles. The minimum absolute atomic E-state index is 0.00826. The fourth-order valence-corrected chi connectivity index (χ4v) is 2.86. The smallest absolute Gasteiger partial charge is 0.124 e. The van der Waals surface area contributed by atoms with Gasteiger partial charge in [0, 0.05) is 22.6 Å². The van der Waals surface area contributed by atoms with Gasteiger partial charge < -0.3 is 15.4 Å². The molecule has 0 aromatic heterocycles. The van der Waals surface area contributed by atoms with Gasteiger partial charge in [0.15, 0.2) is 0 Å². The van der Waals surface area contributed by atoms with Crippen LogP contribution in [0.4, 0.5) is 0 Å². The van der Waals surface area contributed by atoms with Gasteiger partial charge >= 0.3 is 0 Å². The van der Waals surface area contributed by atoms with Crippen LogP contribution in [0.25, 0.3) is 0 Å². The first kappa shape index (κ1) is 14.8. The van der Waals surface area contributed by atoms with Crippen molar-refractivity contribution in [3.8, 4) is 5.75 Å². The summed E-state index contributed by atoms with van der Waals surface area (Å²) in [6.07, 6.45) is 3.78. The van der Waals surface area contributed by atoms with Crippen LogP contribution in [0.3, 0.4) is 0 Å². The van der Waals surface area contributed by atoms with Crippen molar-refractivity contribution in [1.82, 2.24) is 4.90 Å². The average Bonchev–Trinajstić information content (AvgIpc) is 2.89. The van der Waals surface area contributed by atoms with E-state index >= 15 is 0 Å². The molecule has 2 N–H and O–H groups in total. The summed E-state index contributed by atoms with van der Waals surface area (Å²) in [5.41, 5.74) is 7.04. The molecular formula is C15H23BrN2O. The van der Waals surface area contributed by atoms with E-state index in [9.17, 15) is 0 Å². The summed E-state index contributed by atoms with van der Waals surface area (Å²) in [5, 5.41) is 0. The normalized spacial score (nSPS) is 17.6. The maximum atomic E-state index is 5.98. The van der Waals surface area contributed by atoms with Gasteiger partial charge in [0.25, 0.3) is 0 Å². The molecule has 1 fully saturated rings. The van der Waals surface area contributed by atoms with Gasteiger partial charge in [-0.15, -0.1) is 0 Å². The Balaban J connectivity index is 1.81. The van der Waals surface area contributed by atoms with Crippen LogP contribution in [0.2, 0.25) is 0 Å². The molecule has 3 nitrogen and oxygen atoms in total. The van der Waals surface area contributed by atoms with Crippen LogP contribution in [0.5, 0.6) is 5.75 Å². The van der Waals surface area contributed by atoms with Gasteiger partial charge in [0.2, 0.25) is 0 Å². The fraction of sp³-hybridized carbons (Fsp3) is 0.600. The summed E-state index contributed by atoms with van der Waals surface area (Å²) in [4.78, 5) is 2.51. The monoisotopic (exact) mass is 326 g/mol. The van der Waals surface area contributed by atoms with Gasteiger partial charge in [0.1, 0.15) is 5.75 Å². The SMILES string of the molecule is C[C@H](N)c1cc(Br)ccc1OCCCN1CCCC1. The summed E-state index contributed by atoms with van der Waals surface area (Å²) in [7, 11) is 0. The third-order valence-electron chi connectivity index (χ3n) is 3.54. The standard InChI is InChI=1S/C15H23BrN2O/c1-12(17)14-11-13(16)5-6-15(14)19-10-4-9-18-7-2-3-8-18/h5-6,11-12H,2-4,7-10,17H2,1H3/t12-/m0/s1. The van der Waals surface area contributed by atoms with Gasteiger partial charge in [-0.3, -0.25) is 0 Å². The van der Waals surface area contributed by atoms with E-state index < -0.39 is 0 Å².